The summed E-state index contributed by atoms with van der Waals surface area (Å²) in [6, 6.07) is 11.8. The number of nitriles is 2. The van der Waals surface area contributed by atoms with Gasteiger partial charge >= 0.3 is 0 Å². The Labute approximate surface area is 180 Å². The molecule has 9 heteroatoms. The number of hydrogen-bond acceptors (Lipinski definition) is 6. The Kier molecular flexibility index (Phi) is 5.28. The van der Waals surface area contributed by atoms with E-state index in [-0.39, 0.29) is 11.4 Å². The molecule has 1 aromatic carbocycles. The van der Waals surface area contributed by atoms with E-state index in [0.717, 1.165) is 30.7 Å². The van der Waals surface area contributed by atoms with Gasteiger partial charge in [-0.1, -0.05) is 12.1 Å². The largest absolute Gasteiger partial charge is 0.384 e. The number of hydrogen-bond donors (Lipinski definition) is 2. The predicted octanol–water partition coefficient (Wildman–Crippen LogP) is 1.24. The van der Waals surface area contributed by atoms with Gasteiger partial charge in [-0.15, -0.1) is 0 Å². The Morgan fingerprint density at radius 3 is 2.35 bits per heavy atom. The first-order valence-corrected chi connectivity index (χ1v) is 10.3. The van der Waals surface area contributed by atoms with Crippen molar-refractivity contribution in [2.45, 2.75) is 20.4 Å². The Hall–Kier alpha value is -3.95. The van der Waals surface area contributed by atoms with Gasteiger partial charge in [-0.25, -0.2) is 15.0 Å². The third kappa shape index (κ3) is 3.25. The van der Waals surface area contributed by atoms with E-state index >= 15 is 0 Å². The summed E-state index contributed by atoms with van der Waals surface area (Å²) in [6.45, 7) is 7.77. The number of quaternary nitrogens is 1. The number of nitrogens with two attached hydrogens (primary N) is 1. The second kappa shape index (κ2) is 8.05. The van der Waals surface area contributed by atoms with E-state index < -0.39 is 0 Å². The lowest BCUT2D eigenvalue weighted by Crippen LogP contribution is -3.11. The molecule has 0 amide bonds. The number of nitrogens with one attached hydrogen (secondary N) is 1. The summed E-state index contributed by atoms with van der Waals surface area (Å²) < 4.78 is 3.86. The van der Waals surface area contributed by atoms with Crippen LogP contribution in [0, 0.1) is 22.7 Å². The molecule has 4 rings (SSSR count). The van der Waals surface area contributed by atoms with Crippen LogP contribution in [0.4, 0.5) is 5.82 Å². The molecule has 0 aliphatic rings. The van der Waals surface area contributed by atoms with E-state index in [2.05, 4.69) is 23.8 Å². The molecule has 156 valence electrons. The number of nitrogen functional groups attached to an aromatic ring is 1. The predicted molar refractivity (Wildman–Crippen MR) is 118 cm³/mol. The van der Waals surface area contributed by atoms with Crippen molar-refractivity contribution in [2.24, 2.45) is 7.05 Å². The molecule has 3 N–H and O–H groups in total. The summed E-state index contributed by atoms with van der Waals surface area (Å²) in [5, 5.41) is 19.0. The minimum absolute atomic E-state index is 0.000451. The van der Waals surface area contributed by atoms with Gasteiger partial charge in [0.2, 0.25) is 0 Å². The number of rotatable bonds is 6. The van der Waals surface area contributed by atoms with Crippen molar-refractivity contribution in [3.05, 3.63) is 35.7 Å². The number of aryl methyl sites for hydroxylation is 1. The second-order valence-electron chi connectivity index (χ2n) is 7.42. The van der Waals surface area contributed by atoms with E-state index in [9.17, 15) is 10.5 Å². The van der Waals surface area contributed by atoms with Gasteiger partial charge in [-0.05, 0) is 26.0 Å². The number of para-hydroxylation sites is 2. The van der Waals surface area contributed by atoms with E-state index in [1.807, 2.05) is 52.6 Å². The average molecular weight is 414 g/mol. The minimum atomic E-state index is -0.0125. The van der Waals surface area contributed by atoms with Crippen LogP contribution < -0.4 is 10.6 Å². The van der Waals surface area contributed by atoms with Gasteiger partial charge in [-0.2, -0.15) is 10.5 Å². The van der Waals surface area contributed by atoms with Crippen LogP contribution in [-0.2, 0) is 13.6 Å². The zero-order chi connectivity index (χ0) is 22.1. The summed E-state index contributed by atoms with van der Waals surface area (Å²) >= 11 is 0. The van der Waals surface area contributed by atoms with Crippen LogP contribution in [0.2, 0.25) is 0 Å². The van der Waals surface area contributed by atoms with Gasteiger partial charge in [0.05, 0.1) is 42.8 Å². The van der Waals surface area contributed by atoms with E-state index in [1.165, 1.54) is 4.90 Å². The lowest BCUT2D eigenvalue weighted by Gasteiger charge is -2.16. The molecule has 3 aromatic heterocycles. The minimum Gasteiger partial charge on any atom is -0.384 e. The highest BCUT2D eigenvalue weighted by Gasteiger charge is 2.25. The molecule has 0 fully saturated rings. The highest BCUT2D eigenvalue weighted by molar-refractivity contribution is 5.99. The van der Waals surface area contributed by atoms with Gasteiger partial charge in [0.25, 0.3) is 0 Å². The van der Waals surface area contributed by atoms with E-state index in [0.29, 0.717) is 34.9 Å². The molecule has 0 atom stereocenters. The summed E-state index contributed by atoms with van der Waals surface area (Å²) in [7, 11) is 1.93. The molecule has 3 heterocycles. The van der Waals surface area contributed by atoms with E-state index in [4.69, 9.17) is 10.7 Å². The Morgan fingerprint density at radius 2 is 1.71 bits per heavy atom. The van der Waals surface area contributed by atoms with Crippen LogP contribution in [0.1, 0.15) is 25.2 Å². The third-order valence-corrected chi connectivity index (χ3v) is 5.83. The van der Waals surface area contributed by atoms with E-state index in [1.54, 1.807) is 0 Å². The number of aromatic nitrogens is 5. The van der Waals surface area contributed by atoms with Crippen LogP contribution in [0.15, 0.2) is 24.3 Å². The molecular weight excluding hydrogens is 390 g/mol. The Balaban J connectivity index is 2.00. The normalized spacial score (nSPS) is 11.3. The first-order chi connectivity index (χ1) is 15.0. The topological polar surface area (TPSA) is 127 Å². The van der Waals surface area contributed by atoms with Gasteiger partial charge in [0.1, 0.15) is 29.3 Å². The molecular formula is C22H24N9+. The number of likely N-dealkylation sites (N-methyl/N-ethyl adjacent to an activating group) is 1. The molecule has 0 saturated heterocycles. The maximum absolute atomic E-state index is 9.49. The molecule has 0 unspecified atom stereocenters. The second-order valence-corrected chi connectivity index (χ2v) is 7.42. The van der Waals surface area contributed by atoms with Gasteiger partial charge < -0.3 is 19.8 Å². The molecule has 31 heavy (non-hydrogen) atoms. The van der Waals surface area contributed by atoms with Crippen LogP contribution in [0.3, 0.4) is 0 Å². The molecule has 0 aliphatic carbocycles. The lowest BCUT2D eigenvalue weighted by atomic mass is 10.2. The first kappa shape index (κ1) is 20.3. The lowest BCUT2D eigenvalue weighted by molar-refractivity contribution is -0.897. The molecule has 9 nitrogen and oxygen atoms in total. The van der Waals surface area contributed by atoms with Gasteiger partial charge in [0.15, 0.2) is 17.0 Å². The maximum Gasteiger partial charge on any atom is 0.179 e. The standard InChI is InChI=1S/C22H23N9/c1-4-30(5-2)10-11-31-20(25)18(19-22(31)28-16(13-24)15(12-23)26-19)21-27-14-8-6-7-9-17(14)29(21)3/h6-9H,4-5,10-11,25H2,1-3H3/p+1. The Bertz CT molecular complexity index is 1360. The van der Waals surface area contributed by atoms with Crippen LogP contribution in [0.25, 0.3) is 33.6 Å². The van der Waals surface area contributed by atoms with Crippen molar-refractivity contribution in [1.82, 2.24) is 24.1 Å². The summed E-state index contributed by atoms with van der Waals surface area (Å²) in [5.74, 6) is 1.14. The molecule has 4 aromatic rings. The maximum atomic E-state index is 9.49. The van der Waals surface area contributed by atoms with Crippen LogP contribution in [-0.4, -0.2) is 43.7 Å². The first-order valence-electron chi connectivity index (χ1n) is 10.3. The average Bonchev–Trinajstić information content (AvgIpc) is 3.26. The fourth-order valence-electron chi connectivity index (χ4n) is 4.00. The third-order valence-electron chi connectivity index (χ3n) is 5.83. The summed E-state index contributed by atoms with van der Waals surface area (Å²) in [4.78, 5) is 15.2. The van der Waals surface area contributed by atoms with Gasteiger partial charge in [-0.3, -0.25) is 0 Å². The number of benzene rings is 1. The summed E-state index contributed by atoms with van der Waals surface area (Å²) in [6.07, 6.45) is 0. The zero-order valence-electron chi connectivity index (χ0n) is 17.8. The van der Waals surface area contributed by atoms with Crippen molar-refractivity contribution in [2.75, 3.05) is 25.4 Å². The molecule has 0 aliphatic heterocycles. The highest BCUT2D eigenvalue weighted by atomic mass is 15.2. The van der Waals surface area contributed by atoms with Crippen molar-refractivity contribution in [3.63, 3.8) is 0 Å². The fraction of sp³-hybridized carbons (Fsp3) is 0.318. The van der Waals surface area contributed by atoms with Crippen LogP contribution in [0.5, 0.6) is 0 Å². The number of imidazole rings is 1. The van der Waals surface area contributed by atoms with Crippen molar-refractivity contribution >= 4 is 28.0 Å². The fourth-order valence-corrected chi connectivity index (χ4v) is 4.00. The SMILES string of the molecule is CC[NH+](CC)CCn1c(N)c(-c2nc3ccccc3n2C)c2nc(C#N)c(C#N)nc21. The van der Waals surface area contributed by atoms with Crippen molar-refractivity contribution < 1.29 is 4.90 Å². The highest BCUT2D eigenvalue weighted by Crippen LogP contribution is 2.36. The Morgan fingerprint density at radius 1 is 1.03 bits per heavy atom. The number of nitrogens with zero attached hydrogens (tertiary/aromatic N) is 7. The van der Waals surface area contributed by atoms with Crippen LogP contribution >= 0.6 is 0 Å². The van der Waals surface area contributed by atoms with Gasteiger partial charge in [0, 0.05) is 7.05 Å². The smallest absolute Gasteiger partial charge is 0.179 e. The van der Waals surface area contributed by atoms with Crippen molar-refractivity contribution in [3.8, 4) is 23.5 Å². The monoisotopic (exact) mass is 414 g/mol. The number of anilines is 1. The summed E-state index contributed by atoms with van der Waals surface area (Å²) in [5.41, 5.74) is 10.1. The number of fused-ring (bicyclic) bond motifs is 2. The zero-order valence-corrected chi connectivity index (χ0v) is 17.8. The molecule has 0 spiro atoms. The molecule has 0 saturated carbocycles. The molecule has 0 radical (unpaired) electrons. The quantitative estimate of drug-likeness (QED) is 0.489. The molecule has 0 bridgehead atoms. The van der Waals surface area contributed by atoms with Crippen molar-refractivity contribution in [1.29, 1.82) is 10.5 Å².